The van der Waals surface area contributed by atoms with E-state index < -0.39 is 29.8 Å². The lowest BCUT2D eigenvalue weighted by molar-refractivity contribution is -0.145. The average molecular weight is 503 g/mol. The molecule has 3 aliphatic heterocycles. The molecule has 0 radical (unpaired) electrons. The Labute approximate surface area is 210 Å². The number of carbonyl (C=O) groups excluding carboxylic acids is 4. The Hall–Kier alpha value is -3.50. The summed E-state index contributed by atoms with van der Waals surface area (Å²) < 4.78 is 15.9. The Morgan fingerprint density at radius 3 is 2.33 bits per heavy atom. The smallest absolute Gasteiger partial charge is 0.410 e. The number of ether oxygens (including phenoxy) is 3. The van der Waals surface area contributed by atoms with Gasteiger partial charge in [0.05, 0.1) is 19.2 Å². The number of rotatable bonds is 4. The minimum Gasteiger partial charge on any atom is -0.467 e. The minimum atomic E-state index is -0.841. The number of nitrogens with zero attached hydrogens (tertiary/aromatic N) is 4. The monoisotopic (exact) mass is 502 g/mol. The molecule has 11 nitrogen and oxygen atoms in total. The Bertz CT molecular complexity index is 996. The first-order valence-corrected chi connectivity index (χ1v) is 12.2. The third-order valence-corrected chi connectivity index (χ3v) is 6.67. The summed E-state index contributed by atoms with van der Waals surface area (Å²) in [6.45, 7) is 7.23. The fraction of sp³-hybridized carbons (Fsp3) is 0.600. The van der Waals surface area contributed by atoms with Crippen molar-refractivity contribution in [3.8, 4) is 0 Å². The first-order chi connectivity index (χ1) is 17.1. The van der Waals surface area contributed by atoms with Crippen LogP contribution in [0.15, 0.2) is 30.3 Å². The topological polar surface area (TPSA) is 109 Å². The highest BCUT2D eigenvalue weighted by atomic mass is 16.6. The van der Waals surface area contributed by atoms with Crippen LogP contribution in [-0.2, 0) is 25.6 Å². The standard InChI is InChI=1S/C25H34N4O7/c1-25(2,3)36-23(32)26-10-11-27-19(13-26)15-28(22(27)31)18-12-20(21(30)34-4)29(14-18)24(33)35-16-17-8-6-5-7-9-17/h5-9,18-20H,10-16H2,1-4H3/t18-,19-,20+/m0/s1. The number of likely N-dealkylation sites (tertiary alicyclic amines) is 1. The lowest BCUT2D eigenvalue weighted by Crippen LogP contribution is -2.54. The van der Waals surface area contributed by atoms with Gasteiger partial charge in [-0.15, -0.1) is 0 Å². The summed E-state index contributed by atoms with van der Waals surface area (Å²) in [7, 11) is 1.27. The van der Waals surface area contributed by atoms with Crippen molar-refractivity contribution in [3.63, 3.8) is 0 Å². The molecule has 0 N–H and O–H groups in total. The molecule has 1 aromatic rings. The van der Waals surface area contributed by atoms with Crippen molar-refractivity contribution in [3.05, 3.63) is 35.9 Å². The van der Waals surface area contributed by atoms with Crippen LogP contribution in [0, 0.1) is 0 Å². The molecule has 0 aromatic heterocycles. The van der Waals surface area contributed by atoms with Crippen LogP contribution in [0.25, 0.3) is 0 Å². The number of methoxy groups -OCH3 is 1. The molecule has 36 heavy (non-hydrogen) atoms. The van der Waals surface area contributed by atoms with Crippen LogP contribution < -0.4 is 0 Å². The van der Waals surface area contributed by atoms with Crippen LogP contribution in [0.4, 0.5) is 14.4 Å². The third kappa shape index (κ3) is 5.50. The summed E-state index contributed by atoms with van der Waals surface area (Å²) in [6.07, 6.45) is -0.765. The number of carbonyl (C=O) groups is 4. The number of hydrogen-bond acceptors (Lipinski definition) is 7. The van der Waals surface area contributed by atoms with Crippen molar-refractivity contribution in [1.82, 2.24) is 19.6 Å². The molecule has 3 fully saturated rings. The van der Waals surface area contributed by atoms with E-state index in [1.54, 1.807) is 14.7 Å². The third-order valence-electron chi connectivity index (χ3n) is 6.67. The maximum absolute atomic E-state index is 13.2. The molecule has 0 aliphatic carbocycles. The van der Waals surface area contributed by atoms with Gasteiger partial charge in [0.15, 0.2) is 0 Å². The SMILES string of the molecule is COC(=O)[C@H]1C[C@H](N2C[C@@H]3CN(C(=O)OC(C)(C)C)CCN3C2=O)CN1C(=O)OCc1ccccc1. The van der Waals surface area contributed by atoms with Crippen molar-refractivity contribution in [2.45, 2.75) is 57.5 Å². The number of fused-ring (bicyclic) bond motifs is 1. The number of amides is 4. The van der Waals surface area contributed by atoms with Crippen molar-refractivity contribution < 1.29 is 33.4 Å². The van der Waals surface area contributed by atoms with Crippen molar-refractivity contribution in [2.75, 3.05) is 39.8 Å². The number of benzene rings is 1. The molecule has 4 rings (SSSR count). The van der Waals surface area contributed by atoms with Gasteiger partial charge >= 0.3 is 24.2 Å². The van der Waals surface area contributed by atoms with Crippen LogP contribution in [-0.4, -0.2) is 107 Å². The van der Waals surface area contributed by atoms with Crippen molar-refractivity contribution >= 4 is 24.2 Å². The molecule has 196 valence electrons. The molecule has 3 atom stereocenters. The van der Waals surface area contributed by atoms with Gasteiger partial charge in [0.2, 0.25) is 0 Å². The first kappa shape index (κ1) is 25.6. The molecule has 0 bridgehead atoms. The summed E-state index contributed by atoms with van der Waals surface area (Å²) >= 11 is 0. The van der Waals surface area contributed by atoms with Crippen LogP contribution in [0.2, 0.25) is 0 Å². The highest BCUT2D eigenvalue weighted by Gasteiger charge is 2.50. The van der Waals surface area contributed by atoms with Crippen LogP contribution in [0.1, 0.15) is 32.8 Å². The summed E-state index contributed by atoms with van der Waals surface area (Å²) in [4.78, 5) is 57.6. The fourth-order valence-electron chi connectivity index (χ4n) is 4.93. The van der Waals surface area contributed by atoms with E-state index >= 15 is 0 Å². The normalized spacial score (nSPS) is 24.0. The van der Waals surface area contributed by atoms with E-state index in [1.165, 1.54) is 12.0 Å². The zero-order valence-electron chi connectivity index (χ0n) is 21.2. The first-order valence-electron chi connectivity index (χ1n) is 12.2. The molecule has 0 saturated carbocycles. The van der Waals surface area contributed by atoms with E-state index in [2.05, 4.69) is 0 Å². The highest BCUT2D eigenvalue weighted by Crippen LogP contribution is 2.30. The zero-order chi connectivity index (χ0) is 26.0. The van der Waals surface area contributed by atoms with Crippen LogP contribution >= 0.6 is 0 Å². The molecule has 4 amide bonds. The van der Waals surface area contributed by atoms with Crippen LogP contribution in [0.3, 0.4) is 0 Å². The second-order valence-corrected chi connectivity index (χ2v) is 10.3. The van der Waals surface area contributed by atoms with Gasteiger partial charge in [0, 0.05) is 39.1 Å². The summed E-state index contributed by atoms with van der Waals surface area (Å²) in [6, 6.07) is 7.71. The molecule has 0 unspecified atom stereocenters. The Kier molecular flexibility index (Phi) is 7.28. The summed E-state index contributed by atoms with van der Waals surface area (Å²) in [5.74, 6) is -0.547. The van der Waals surface area contributed by atoms with E-state index in [4.69, 9.17) is 14.2 Å². The quantitative estimate of drug-likeness (QED) is 0.459. The van der Waals surface area contributed by atoms with Gasteiger partial charge in [-0.2, -0.15) is 0 Å². The van der Waals surface area contributed by atoms with E-state index in [1.807, 2.05) is 51.1 Å². The second-order valence-electron chi connectivity index (χ2n) is 10.3. The predicted octanol–water partition coefficient (Wildman–Crippen LogP) is 2.30. The van der Waals surface area contributed by atoms with Gasteiger partial charge in [-0.1, -0.05) is 30.3 Å². The Morgan fingerprint density at radius 2 is 1.67 bits per heavy atom. The molecule has 11 heteroatoms. The van der Waals surface area contributed by atoms with Gasteiger partial charge in [-0.05, 0) is 26.3 Å². The predicted molar refractivity (Wildman–Crippen MR) is 128 cm³/mol. The lowest BCUT2D eigenvalue weighted by Gasteiger charge is -2.37. The molecular formula is C25H34N4O7. The zero-order valence-corrected chi connectivity index (χ0v) is 21.2. The summed E-state index contributed by atoms with van der Waals surface area (Å²) in [5, 5.41) is 0. The number of hydrogen-bond donors (Lipinski definition) is 0. The van der Waals surface area contributed by atoms with Gasteiger partial charge in [0.1, 0.15) is 18.2 Å². The van der Waals surface area contributed by atoms with E-state index in [0.717, 1.165) is 5.56 Å². The van der Waals surface area contributed by atoms with Gasteiger partial charge in [0.25, 0.3) is 0 Å². The van der Waals surface area contributed by atoms with E-state index in [0.29, 0.717) is 26.2 Å². The van der Waals surface area contributed by atoms with Crippen molar-refractivity contribution in [1.29, 1.82) is 0 Å². The maximum Gasteiger partial charge on any atom is 0.410 e. The molecule has 3 saturated heterocycles. The summed E-state index contributed by atoms with van der Waals surface area (Å²) in [5.41, 5.74) is 0.231. The van der Waals surface area contributed by atoms with Crippen LogP contribution in [0.5, 0.6) is 0 Å². The minimum absolute atomic E-state index is 0.0771. The fourth-order valence-corrected chi connectivity index (χ4v) is 4.93. The molecule has 1 aromatic carbocycles. The number of esters is 1. The van der Waals surface area contributed by atoms with E-state index in [9.17, 15) is 19.2 Å². The highest BCUT2D eigenvalue weighted by molar-refractivity contribution is 5.83. The van der Waals surface area contributed by atoms with E-state index in [-0.39, 0.29) is 37.7 Å². The number of urea groups is 1. The van der Waals surface area contributed by atoms with Gasteiger partial charge in [-0.25, -0.2) is 19.2 Å². The Morgan fingerprint density at radius 1 is 0.944 bits per heavy atom. The van der Waals surface area contributed by atoms with Crippen molar-refractivity contribution in [2.24, 2.45) is 0 Å². The Balaban J connectivity index is 1.41. The van der Waals surface area contributed by atoms with Gasteiger partial charge in [-0.3, -0.25) is 4.90 Å². The molecule has 3 heterocycles. The molecular weight excluding hydrogens is 468 g/mol. The number of piperazine rings is 1. The lowest BCUT2D eigenvalue weighted by atomic mass is 10.1. The van der Waals surface area contributed by atoms with Gasteiger partial charge < -0.3 is 28.9 Å². The molecule has 0 spiro atoms. The largest absolute Gasteiger partial charge is 0.467 e. The molecule has 3 aliphatic rings. The average Bonchev–Trinajstić information content (AvgIpc) is 3.43. The maximum atomic E-state index is 13.2. The second kappa shape index (κ2) is 10.2.